The molecule has 3 aromatic rings. The van der Waals surface area contributed by atoms with E-state index in [-0.39, 0.29) is 17.7 Å². The Kier molecular flexibility index (Phi) is 5.37. The SMILES string of the molecule is CC(C)C1=NC(C)(c2ccccc2)N(CC=Cc2ccc3c(c2)CC2(C3)C(=O)Nc3ncccc32)C1=O. The number of aromatic nitrogens is 1. The Morgan fingerprint density at radius 2 is 1.81 bits per heavy atom. The van der Waals surface area contributed by atoms with Gasteiger partial charge < -0.3 is 10.2 Å². The van der Waals surface area contributed by atoms with Crippen LogP contribution >= 0.6 is 0 Å². The molecule has 6 rings (SSSR count). The normalized spacial score (nSPS) is 24.2. The number of aliphatic imine (C=N–C) groups is 1. The number of hydrogen-bond acceptors (Lipinski definition) is 4. The molecule has 3 heterocycles. The lowest BCUT2D eigenvalue weighted by Gasteiger charge is -2.32. The number of nitrogens with zero attached hydrogens (tertiary/aromatic N) is 3. The first kappa shape index (κ1) is 23.3. The molecule has 1 N–H and O–H groups in total. The molecular formula is C31H30N4O2. The van der Waals surface area contributed by atoms with E-state index in [0.717, 1.165) is 16.7 Å². The van der Waals surface area contributed by atoms with Gasteiger partial charge in [0.25, 0.3) is 5.91 Å². The van der Waals surface area contributed by atoms with Crippen molar-refractivity contribution in [1.82, 2.24) is 9.88 Å². The summed E-state index contributed by atoms with van der Waals surface area (Å²) in [5.41, 5.74) is 4.74. The standard InChI is InChI=1S/C31H30N4O2/c1-20(2)26-28(36)35(30(3,34-26)24-10-5-4-6-11-24)16-8-9-21-13-14-22-18-31(19-23(22)17-21)25-12-7-15-32-27(25)33-29(31)37/h4-15,17,20H,16,18-19H2,1-3H3,(H,32,33,37). The first-order valence-corrected chi connectivity index (χ1v) is 12.8. The topological polar surface area (TPSA) is 74.7 Å². The van der Waals surface area contributed by atoms with Crippen LogP contribution < -0.4 is 5.32 Å². The molecule has 6 heteroatoms. The summed E-state index contributed by atoms with van der Waals surface area (Å²) in [6.45, 7) is 6.49. The minimum absolute atomic E-state index is 0.0126. The predicted octanol–water partition coefficient (Wildman–Crippen LogP) is 4.90. The lowest BCUT2D eigenvalue weighted by atomic mass is 9.79. The molecular weight excluding hydrogens is 460 g/mol. The Hall–Kier alpha value is -4.06. The Labute approximate surface area is 217 Å². The predicted molar refractivity (Wildman–Crippen MR) is 145 cm³/mol. The Bertz CT molecular complexity index is 1480. The summed E-state index contributed by atoms with van der Waals surface area (Å²) in [6.07, 6.45) is 7.15. The third kappa shape index (κ3) is 3.62. The minimum Gasteiger partial charge on any atom is -0.310 e. The number of amides is 2. The molecule has 2 aliphatic heterocycles. The zero-order chi connectivity index (χ0) is 25.8. The van der Waals surface area contributed by atoms with Gasteiger partial charge in [0.1, 0.15) is 11.5 Å². The molecule has 2 atom stereocenters. The van der Waals surface area contributed by atoms with Crippen LogP contribution in [0.25, 0.3) is 6.08 Å². The van der Waals surface area contributed by atoms with Crippen LogP contribution in [-0.2, 0) is 33.5 Å². The van der Waals surface area contributed by atoms with Crippen LogP contribution in [0.5, 0.6) is 0 Å². The summed E-state index contributed by atoms with van der Waals surface area (Å²) in [4.78, 5) is 37.4. The van der Waals surface area contributed by atoms with E-state index >= 15 is 0 Å². The molecule has 0 bridgehead atoms. The number of rotatable bonds is 5. The fourth-order valence-electron chi connectivity index (χ4n) is 5.97. The van der Waals surface area contributed by atoms with Gasteiger partial charge in [0, 0.05) is 24.2 Å². The molecule has 0 saturated heterocycles. The maximum absolute atomic E-state index is 13.3. The van der Waals surface area contributed by atoms with Gasteiger partial charge in [-0.2, -0.15) is 0 Å². The van der Waals surface area contributed by atoms with Crippen molar-refractivity contribution < 1.29 is 9.59 Å². The number of carbonyl (C=O) groups is 2. The number of anilines is 1. The first-order valence-electron chi connectivity index (χ1n) is 12.8. The molecule has 37 heavy (non-hydrogen) atoms. The van der Waals surface area contributed by atoms with Gasteiger partial charge in [-0.3, -0.25) is 14.6 Å². The number of benzene rings is 2. The van der Waals surface area contributed by atoms with Gasteiger partial charge in [0.2, 0.25) is 5.91 Å². The van der Waals surface area contributed by atoms with Crippen LogP contribution in [0.15, 0.2) is 77.9 Å². The highest BCUT2D eigenvalue weighted by Crippen LogP contribution is 2.46. The largest absolute Gasteiger partial charge is 0.310 e. The molecule has 1 spiro atoms. The summed E-state index contributed by atoms with van der Waals surface area (Å²) in [7, 11) is 0. The van der Waals surface area contributed by atoms with Gasteiger partial charge in [-0.15, -0.1) is 0 Å². The molecule has 6 nitrogen and oxygen atoms in total. The average Bonchev–Trinajstić information content (AvgIpc) is 3.50. The third-order valence-electron chi connectivity index (χ3n) is 8.00. The summed E-state index contributed by atoms with van der Waals surface area (Å²) >= 11 is 0. The fraction of sp³-hybridized carbons (Fsp3) is 0.290. The molecule has 0 saturated carbocycles. The summed E-state index contributed by atoms with van der Waals surface area (Å²) < 4.78 is 0. The molecule has 2 unspecified atom stereocenters. The zero-order valence-corrected chi connectivity index (χ0v) is 21.4. The van der Waals surface area contributed by atoms with Crippen molar-refractivity contribution in [3.63, 3.8) is 0 Å². The number of carbonyl (C=O) groups excluding carboxylic acids is 2. The highest BCUT2D eigenvalue weighted by molar-refractivity contribution is 6.41. The van der Waals surface area contributed by atoms with Gasteiger partial charge in [-0.1, -0.05) is 80.6 Å². The Morgan fingerprint density at radius 3 is 2.59 bits per heavy atom. The van der Waals surface area contributed by atoms with E-state index in [1.54, 1.807) is 6.20 Å². The van der Waals surface area contributed by atoms with Gasteiger partial charge in [-0.25, -0.2) is 4.98 Å². The first-order chi connectivity index (χ1) is 17.8. The van der Waals surface area contributed by atoms with Gasteiger partial charge in [0.15, 0.2) is 5.66 Å². The summed E-state index contributed by atoms with van der Waals surface area (Å²) in [5.74, 6) is 0.756. The van der Waals surface area contributed by atoms with Crippen molar-refractivity contribution in [3.05, 3.63) is 101 Å². The lowest BCUT2D eigenvalue weighted by molar-refractivity contribution is -0.127. The molecule has 0 radical (unpaired) electrons. The van der Waals surface area contributed by atoms with E-state index in [4.69, 9.17) is 4.99 Å². The van der Waals surface area contributed by atoms with Gasteiger partial charge >= 0.3 is 0 Å². The van der Waals surface area contributed by atoms with Crippen LogP contribution in [0.1, 0.15) is 48.6 Å². The van der Waals surface area contributed by atoms with E-state index in [2.05, 4.69) is 34.6 Å². The lowest BCUT2D eigenvalue weighted by Crippen LogP contribution is -2.43. The average molecular weight is 491 g/mol. The Morgan fingerprint density at radius 1 is 1.03 bits per heavy atom. The van der Waals surface area contributed by atoms with Crippen LogP contribution in [-0.4, -0.2) is 34.0 Å². The van der Waals surface area contributed by atoms with Crippen LogP contribution in [0.2, 0.25) is 0 Å². The molecule has 186 valence electrons. The highest BCUT2D eigenvalue weighted by Gasteiger charge is 2.51. The van der Waals surface area contributed by atoms with E-state index in [0.29, 0.717) is 30.9 Å². The second-order valence-corrected chi connectivity index (χ2v) is 10.7. The number of pyridine rings is 1. The molecule has 2 aromatic carbocycles. The molecule has 1 aliphatic carbocycles. The van der Waals surface area contributed by atoms with Crippen molar-refractivity contribution >= 4 is 29.4 Å². The van der Waals surface area contributed by atoms with Crippen molar-refractivity contribution in [1.29, 1.82) is 0 Å². The molecule has 2 amide bonds. The summed E-state index contributed by atoms with van der Waals surface area (Å²) in [5, 5.41) is 2.97. The van der Waals surface area contributed by atoms with Crippen LogP contribution in [0, 0.1) is 5.92 Å². The quantitative estimate of drug-likeness (QED) is 0.553. The monoisotopic (exact) mass is 490 g/mol. The summed E-state index contributed by atoms with van der Waals surface area (Å²) in [6, 6.07) is 20.3. The molecule has 0 fully saturated rings. The second kappa shape index (κ2) is 8.51. The van der Waals surface area contributed by atoms with E-state index in [9.17, 15) is 9.59 Å². The maximum atomic E-state index is 13.3. The van der Waals surface area contributed by atoms with Crippen molar-refractivity contribution in [2.24, 2.45) is 10.9 Å². The van der Waals surface area contributed by atoms with Crippen LogP contribution in [0.4, 0.5) is 5.82 Å². The van der Waals surface area contributed by atoms with Gasteiger partial charge in [-0.05, 0) is 48.1 Å². The smallest absolute Gasteiger partial charge is 0.270 e. The van der Waals surface area contributed by atoms with E-state index < -0.39 is 11.1 Å². The van der Waals surface area contributed by atoms with Gasteiger partial charge in [0.05, 0.1) is 5.41 Å². The highest BCUT2D eigenvalue weighted by atomic mass is 16.2. The number of nitrogens with one attached hydrogen (secondary N) is 1. The van der Waals surface area contributed by atoms with E-state index in [1.807, 2.05) is 74.2 Å². The molecule has 3 aliphatic rings. The third-order valence-corrected chi connectivity index (χ3v) is 8.00. The fourth-order valence-corrected chi connectivity index (χ4v) is 5.97. The van der Waals surface area contributed by atoms with Crippen molar-refractivity contribution in [2.75, 3.05) is 11.9 Å². The second-order valence-electron chi connectivity index (χ2n) is 10.7. The minimum atomic E-state index is -0.732. The number of hydrogen-bond donors (Lipinski definition) is 1. The van der Waals surface area contributed by atoms with E-state index in [1.165, 1.54) is 11.1 Å². The van der Waals surface area contributed by atoms with Crippen molar-refractivity contribution in [2.45, 2.75) is 44.7 Å². The van der Waals surface area contributed by atoms with Crippen molar-refractivity contribution in [3.8, 4) is 0 Å². The maximum Gasteiger partial charge on any atom is 0.270 e. The number of fused-ring (bicyclic) bond motifs is 3. The van der Waals surface area contributed by atoms with Crippen LogP contribution in [0.3, 0.4) is 0 Å². The molecule has 1 aromatic heterocycles. The Balaban J connectivity index is 1.24. The zero-order valence-electron chi connectivity index (χ0n) is 21.4.